The van der Waals surface area contributed by atoms with Crippen molar-refractivity contribution in [1.29, 1.82) is 0 Å². The van der Waals surface area contributed by atoms with Crippen LogP contribution in [0.4, 0.5) is 17.3 Å². The molecule has 0 saturated carbocycles. The number of rotatable bonds is 6. The molecule has 0 atom stereocenters. The Balaban J connectivity index is 1.51. The molecule has 0 spiro atoms. The van der Waals surface area contributed by atoms with Crippen molar-refractivity contribution in [3.63, 3.8) is 0 Å². The van der Waals surface area contributed by atoms with Gasteiger partial charge < -0.3 is 26.0 Å². The molecule has 39 heavy (non-hydrogen) atoms. The molecule has 1 fully saturated rings. The standard InChI is InChI=1S/C27H33N9O3/c1-17-12-22-26(39)35(11-10-34(22)9-8-27(2,3)13-17)20-6-5-7-21(19(20)16-37)36-14-18(24(28)38)25(31-36)29-23-15-33(4)32-30-23/h5-7,12,14-15,37H,1,8-11,13,16H2,2-4H3,(H2,28,38)(H,29,31)/b22-12-. The summed E-state index contributed by atoms with van der Waals surface area (Å²) in [6, 6.07) is 5.36. The van der Waals surface area contributed by atoms with Gasteiger partial charge in [-0.2, -0.15) is 0 Å². The third kappa shape index (κ3) is 5.15. The van der Waals surface area contributed by atoms with Gasteiger partial charge >= 0.3 is 0 Å². The predicted octanol–water partition coefficient (Wildman–Crippen LogP) is 2.24. The van der Waals surface area contributed by atoms with Crippen LogP contribution in [0, 0.1) is 5.41 Å². The van der Waals surface area contributed by atoms with Gasteiger partial charge in [0.1, 0.15) is 11.3 Å². The van der Waals surface area contributed by atoms with Crippen molar-refractivity contribution in [2.45, 2.75) is 33.3 Å². The largest absolute Gasteiger partial charge is 0.392 e. The number of nitrogens with two attached hydrogens (primary N) is 1. The van der Waals surface area contributed by atoms with Crippen LogP contribution in [0.15, 0.2) is 54.5 Å². The van der Waals surface area contributed by atoms with Crippen LogP contribution in [-0.2, 0) is 18.4 Å². The zero-order chi connectivity index (χ0) is 27.9. The molecule has 1 aromatic carbocycles. The summed E-state index contributed by atoms with van der Waals surface area (Å²) in [6.07, 6.45) is 6.80. The maximum Gasteiger partial charge on any atom is 0.274 e. The number of aliphatic hydroxyl groups is 1. The Morgan fingerprint density at radius 3 is 2.67 bits per heavy atom. The van der Waals surface area contributed by atoms with E-state index in [0.717, 1.165) is 25.0 Å². The number of anilines is 3. The number of amides is 2. The number of nitrogens with one attached hydrogen (secondary N) is 1. The van der Waals surface area contributed by atoms with Gasteiger partial charge in [-0.1, -0.05) is 37.3 Å². The zero-order valence-corrected chi connectivity index (χ0v) is 22.4. The quantitative estimate of drug-likeness (QED) is 0.439. The van der Waals surface area contributed by atoms with Gasteiger partial charge in [-0.3, -0.25) is 14.3 Å². The van der Waals surface area contributed by atoms with E-state index in [-0.39, 0.29) is 29.3 Å². The molecular weight excluding hydrogens is 498 g/mol. The van der Waals surface area contributed by atoms with Gasteiger partial charge in [-0.15, -0.1) is 10.2 Å². The van der Waals surface area contributed by atoms with Crippen molar-refractivity contribution >= 4 is 29.1 Å². The monoisotopic (exact) mass is 531 g/mol. The summed E-state index contributed by atoms with van der Waals surface area (Å²) in [5, 5.41) is 25.8. The molecule has 1 saturated heterocycles. The minimum absolute atomic E-state index is 0.117. The molecule has 4 N–H and O–H groups in total. The van der Waals surface area contributed by atoms with Crippen LogP contribution in [0.5, 0.6) is 0 Å². The predicted molar refractivity (Wildman–Crippen MR) is 146 cm³/mol. The van der Waals surface area contributed by atoms with Crippen molar-refractivity contribution in [3.8, 4) is 5.69 Å². The van der Waals surface area contributed by atoms with Gasteiger partial charge in [0.05, 0.1) is 24.2 Å². The molecule has 0 aliphatic carbocycles. The first-order valence-corrected chi connectivity index (χ1v) is 12.8. The second-order valence-electron chi connectivity index (χ2n) is 10.8. The lowest BCUT2D eigenvalue weighted by Crippen LogP contribution is -2.50. The SMILES string of the molecule is C=C1/C=C2/C(=O)N(c3cccc(-n4cc(C(N)=O)c(Nc5cn(C)nn5)n4)c3CO)CCN2CCC(C)(C)C1. The summed E-state index contributed by atoms with van der Waals surface area (Å²) in [5.74, 6) is -0.233. The molecule has 12 nitrogen and oxygen atoms in total. The number of carbonyl (C=O) groups excluding carboxylic acids is 2. The number of aromatic nitrogens is 5. The molecule has 0 radical (unpaired) electrons. The minimum atomic E-state index is -0.680. The van der Waals surface area contributed by atoms with Gasteiger partial charge in [0.25, 0.3) is 11.8 Å². The molecule has 2 amide bonds. The first-order chi connectivity index (χ1) is 18.6. The number of carbonyl (C=O) groups is 2. The Morgan fingerprint density at radius 1 is 1.21 bits per heavy atom. The smallest absolute Gasteiger partial charge is 0.274 e. The number of primary amides is 1. The van der Waals surface area contributed by atoms with Crippen LogP contribution in [0.25, 0.3) is 5.69 Å². The van der Waals surface area contributed by atoms with E-state index in [0.29, 0.717) is 41.5 Å². The lowest BCUT2D eigenvalue weighted by atomic mass is 9.81. The Bertz CT molecular complexity index is 1480. The van der Waals surface area contributed by atoms with Crippen molar-refractivity contribution < 1.29 is 14.7 Å². The van der Waals surface area contributed by atoms with E-state index in [9.17, 15) is 14.7 Å². The lowest BCUT2D eigenvalue weighted by Gasteiger charge is -2.41. The van der Waals surface area contributed by atoms with E-state index < -0.39 is 5.91 Å². The summed E-state index contributed by atoms with van der Waals surface area (Å²) < 4.78 is 2.97. The van der Waals surface area contributed by atoms with Crippen molar-refractivity contribution in [2.75, 3.05) is 29.9 Å². The zero-order valence-electron chi connectivity index (χ0n) is 22.4. The molecule has 0 bridgehead atoms. The first-order valence-electron chi connectivity index (χ1n) is 12.8. The van der Waals surface area contributed by atoms with Crippen LogP contribution in [0.3, 0.4) is 0 Å². The van der Waals surface area contributed by atoms with Crippen LogP contribution in [0.2, 0.25) is 0 Å². The topological polar surface area (TPSA) is 147 Å². The van der Waals surface area contributed by atoms with Crippen LogP contribution < -0.4 is 16.0 Å². The highest BCUT2D eigenvalue weighted by atomic mass is 16.3. The Kier molecular flexibility index (Phi) is 6.73. The van der Waals surface area contributed by atoms with E-state index in [1.807, 2.05) is 6.08 Å². The van der Waals surface area contributed by atoms with Crippen LogP contribution in [-0.4, -0.2) is 66.2 Å². The number of hydrogen-bond acceptors (Lipinski definition) is 8. The van der Waals surface area contributed by atoms with E-state index in [2.05, 4.69) is 46.1 Å². The fraction of sp³-hybridized carbons (Fsp3) is 0.370. The summed E-state index contributed by atoms with van der Waals surface area (Å²) >= 11 is 0. The van der Waals surface area contributed by atoms with Gasteiger partial charge in [-0.25, -0.2) is 4.68 Å². The van der Waals surface area contributed by atoms with Crippen LogP contribution in [0.1, 0.15) is 42.6 Å². The Hall–Kier alpha value is -4.45. The highest BCUT2D eigenvalue weighted by Gasteiger charge is 2.34. The minimum Gasteiger partial charge on any atom is -0.392 e. The molecule has 204 valence electrons. The molecule has 2 aliphatic rings. The highest BCUT2D eigenvalue weighted by Crippen LogP contribution is 2.36. The summed E-state index contributed by atoms with van der Waals surface area (Å²) in [7, 11) is 1.72. The first kappa shape index (κ1) is 26.2. The third-order valence-electron chi connectivity index (χ3n) is 7.15. The van der Waals surface area contributed by atoms with E-state index >= 15 is 0 Å². The molecule has 2 aliphatic heterocycles. The number of nitrogens with zero attached hydrogens (tertiary/aromatic N) is 7. The Morgan fingerprint density at radius 2 is 1.97 bits per heavy atom. The molecule has 5 rings (SSSR count). The number of piperazine rings is 1. The molecular formula is C27H33N9O3. The number of benzene rings is 1. The maximum atomic E-state index is 13.8. The average Bonchev–Trinajstić information content (AvgIpc) is 3.49. The number of aryl methyl sites for hydroxylation is 1. The fourth-order valence-electron chi connectivity index (χ4n) is 5.20. The van der Waals surface area contributed by atoms with Crippen molar-refractivity contribution in [1.82, 2.24) is 29.7 Å². The van der Waals surface area contributed by atoms with Gasteiger partial charge in [0.2, 0.25) is 0 Å². The van der Waals surface area contributed by atoms with Crippen molar-refractivity contribution in [3.05, 3.63) is 65.6 Å². The van der Waals surface area contributed by atoms with Crippen molar-refractivity contribution in [2.24, 2.45) is 18.2 Å². The summed E-state index contributed by atoms with van der Waals surface area (Å²) in [6.45, 7) is 10.2. The lowest BCUT2D eigenvalue weighted by molar-refractivity contribution is -0.117. The number of fused-ring (bicyclic) bond motifs is 1. The molecule has 2 aromatic heterocycles. The van der Waals surface area contributed by atoms with Gasteiger partial charge in [0, 0.05) is 38.4 Å². The van der Waals surface area contributed by atoms with E-state index in [1.54, 1.807) is 36.3 Å². The number of hydrogen-bond donors (Lipinski definition) is 3. The normalized spacial score (nSPS) is 18.7. The molecule has 0 unspecified atom stereocenters. The maximum absolute atomic E-state index is 13.8. The second kappa shape index (κ2) is 10.0. The molecule has 4 heterocycles. The molecule has 12 heteroatoms. The summed E-state index contributed by atoms with van der Waals surface area (Å²) in [5.41, 5.74) is 9.00. The van der Waals surface area contributed by atoms with Gasteiger partial charge in [-0.05, 0) is 36.5 Å². The molecule has 3 aromatic rings. The third-order valence-corrected chi connectivity index (χ3v) is 7.15. The Labute approximate surface area is 226 Å². The fourth-order valence-corrected chi connectivity index (χ4v) is 5.20. The van der Waals surface area contributed by atoms with E-state index in [1.165, 1.54) is 15.6 Å². The van der Waals surface area contributed by atoms with Gasteiger partial charge in [0.15, 0.2) is 11.6 Å². The summed E-state index contributed by atoms with van der Waals surface area (Å²) in [4.78, 5) is 29.8. The highest BCUT2D eigenvalue weighted by molar-refractivity contribution is 6.07. The average molecular weight is 532 g/mol. The van der Waals surface area contributed by atoms with Crippen LogP contribution >= 0.6 is 0 Å². The number of aliphatic hydroxyl groups excluding tert-OH is 1. The van der Waals surface area contributed by atoms with E-state index in [4.69, 9.17) is 5.73 Å². The second-order valence-corrected chi connectivity index (χ2v) is 10.8. The number of allylic oxidation sites excluding steroid dienone is 2.